The molecule has 23 heavy (non-hydrogen) atoms. The van der Waals surface area contributed by atoms with Crippen LogP contribution in [0.5, 0.6) is 0 Å². The molecule has 2 heterocycles. The van der Waals surface area contributed by atoms with Crippen LogP contribution < -0.4 is 4.90 Å². The number of benzene rings is 1. The highest BCUT2D eigenvalue weighted by Crippen LogP contribution is 2.21. The van der Waals surface area contributed by atoms with Gasteiger partial charge in [0.1, 0.15) is 0 Å². The number of carbonyl (C=O) groups is 1. The molecule has 2 aliphatic rings. The molecule has 0 aliphatic carbocycles. The van der Waals surface area contributed by atoms with Gasteiger partial charge in [0.15, 0.2) is 0 Å². The molecule has 0 saturated carbocycles. The molecule has 2 aliphatic heterocycles. The first-order chi connectivity index (χ1) is 11.1. The van der Waals surface area contributed by atoms with Gasteiger partial charge in [-0.1, -0.05) is 17.7 Å². The van der Waals surface area contributed by atoms with E-state index >= 15 is 0 Å². The summed E-state index contributed by atoms with van der Waals surface area (Å²) in [5.41, 5.74) is 1.16. The standard InChI is InChI=1S/C17H24ClN3O2/c1-14(17(22)21-9-11-23-12-10-21)19-5-7-20(8-6-19)16-4-2-3-15(18)13-16/h2-4,13-14H,5-12H2,1H3/t14-/m0/s1. The molecule has 0 aromatic heterocycles. The first kappa shape index (κ1) is 16.6. The van der Waals surface area contributed by atoms with Gasteiger partial charge in [0, 0.05) is 50.0 Å². The second kappa shape index (κ2) is 7.51. The van der Waals surface area contributed by atoms with Gasteiger partial charge in [-0.3, -0.25) is 9.69 Å². The van der Waals surface area contributed by atoms with Crippen molar-refractivity contribution in [1.29, 1.82) is 0 Å². The number of ether oxygens (including phenoxy) is 1. The highest BCUT2D eigenvalue weighted by molar-refractivity contribution is 6.30. The van der Waals surface area contributed by atoms with E-state index in [-0.39, 0.29) is 11.9 Å². The van der Waals surface area contributed by atoms with Gasteiger partial charge in [0.05, 0.1) is 19.3 Å². The van der Waals surface area contributed by atoms with Crippen LogP contribution in [0.2, 0.25) is 5.02 Å². The Morgan fingerprint density at radius 2 is 1.83 bits per heavy atom. The molecular formula is C17H24ClN3O2. The smallest absolute Gasteiger partial charge is 0.239 e. The van der Waals surface area contributed by atoms with Crippen LogP contribution in [0, 0.1) is 0 Å². The average molecular weight is 338 g/mol. The maximum atomic E-state index is 12.6. The zero-order chi connectivity index (χ0) is 16.2. The Balaban J connectivity index is 1.54. The van der Waals surface area contributed by atoms with Gasteiger partial charge in [-0.25, -0.2) is 0 Å². The van der Waals surface area contributed by atoms with Gasteiger partial charge in [0.2, 0.25) is 5.91 Å². The van der Waals surface area contributed by atoms with Crippen molar-refractivity contribution < 1.29 is 9.53 Å². The third-order valence-corrected chi connectivity index (χ3v) is 4.95. The molecule has 1 atom stereocenters. The summed E-state index contributed by atoms with van der Waals surface area (Å²) in [7, 11) is 0. The normalized spacial score (nSPS) is 21.3. The second-order valence-corrected chi connectivity index (χ2v) is 6.55. The average Bonchev–Trinajstić information content (AvgIpc) is 2.61. The molecule has 3 rings (SSSR count). The molecule has 0 bridgehead atoms. The van der Waals surface area contributed by atoms with E-state index in [0.29, 0.717) is 26.3 Å². The Hall–Kier alpha value is -1.30. The number of nitrogens with zero attached hydrogens (tertiary/aromatic N) is 3. The predicted octanol–water partition coefficient (Wildman–Crippen LogP) is 1.71. The molecule has 0 spiro atoms. The van der Waals surface area contributed by atoms with Crippen molar-refractivity contribution in [3.8, 4) is 0 Å². The van der Waals surface area contributed by atoms with E-state index in [2.05, 4.69) is 15.9 Å². The van der Waals surface area contributed by atoms with E-state index in [9.17, 15) is 4.79 Å². The zero-order valence-corrected chi connectivity index (χ0v) is 14.3. The molecule has 1 aromatic carbocycles. The highest BCUT2D eigenvalue weighted by atomic mass is 35.5. The summed E-state index contributed by atoms with van der Waals surface area (Å²) in [6, 6.07) is 7.90. The lowest BCUT2D eigenvalue weighted by Gasteiger charge is -2.40. The summed E-state index contributed by atoms with van der Waals surface area (Å²) in [4.78, 5) is 19.1. The van der Waals surface area contributed by atoms with Crippen molar-refractivity contribution >= 4 is 23.2 Å². The Bertz CT molecular complexity index is 540. The lowest BCUT2D eigenvalue weighted by molar-refractivity contribution is -0.140. The van der Waals surface area contributed by atoms with Gasteiger partial charge in [0.25, 0.3) is 0 Å². The third-order valence-electron chi connectivity index (χ3n) is 4.72. The Labute approximate surface area is 142 Å². The molecule has 1 aromatic rings. The van der Waals surface area contributed by atoms with Gasteiger partial charge in [-0.05, 0) is 25.1 Å². The number of hydrogen-bond donors (Lipinski definition) is 0. The van der Waals surface area contributed by atoms with Crippen LogP contribution in [0.4, 0.5) is 5.69 Å². The van der Waals surface area contributed by atoms with E-state index in [1.807, 2.05) is 30.0 Å². The maximum Gasteiger partial charge on any atom is 0.239 e. The summed E-state index contributed by atoms with van der Waals surface area (Å²) < 4.78 is 5.32. The molecule has 0 radical (unpaired) electrons. The van der Waals surface area contributed by atoms with Crippen molar-refractivity contribution in [3.05, 3.63) is 29.3 Å². The van der Waals surface area contributed by atoms with Crippen molar-refractivity contribution in [2.24, 2.45) is 0 Å². The van der Waals surface area contributed by atoms with Crippen LogP contribution in [0.25, 0.3) is 0 Å². The van der Waals surface area contributed by atoms with Gasteiger partial charge < -0.3 is 14.5 Å². The van der Waals surface area contributed by atoms with E-state index in [0.717, 1.165) is 36.9 Å². The maximum absolute atomic E-state index is 12.6. The molecule has 2 saturated heterocycles. The molecule has 6 heteroatoms. The summed E-state index contributed by atoms with van der Waals surface area (Å²) in [5.74, 6) is 0.226. The quantitative estimate of drug-likeness (QED) is 0.841. The number of hydrogen-bond acceptors (Lipinski definition) is 4. The number of carbonyl (C=O) groups excluding carboxylic acids is 1. The van der Waals surface area contributed by atoms with Gasteiger partial charge >= 0.3 is 0 Å². The van der Waals surface area contributed by atoms with E-state index < -0.39 is 0 Å². The number of piperazine rings is 1. The van der Waals surface area contributed by atoms with E-state index in [1.54, 1.807) is 0 Å². The van der Waals surface area contributed by atoms with E-state index in [4.69, 9.17) is 16.3 Å². The van der Waals surface area contributed by atoms with E-state index in [1.165, 1.54) is 0 Å². The molecule has 0 unspecified atom stereocenters. The minimum Gasteiger partial charge on any atom is -0.378 e. The summed E-state index contributed by atoms with van der Waals surface area (Å²) in [5, 5.41) is 0.765. The number of halogens is 1. The van der Waals surface area contributed by atoms with Crippen molar-refractivity contribution in [3.63, 3.8) is 0 Å². The van der Waals surface area contributed by atoms with Crippen LogP contribution >= 0.6 is 11.6 Å². The SMILES string of the molecule is C[C@@H](C(=O)N1CCOCC1)N1CCN(c2cccc(Cl)c2)CC1. The van der Waals surface area contributed by atoms with Crippen molar-refractivity contribution in [1.82, 2.24) is 9.80 Å². The monoisotopic (exact) mass is 337 g/mol. The molecule has 1 amide bonds. The largest absolute Gasteiger partial charge is 0.378 e. The van der Waals surface area contributed by atoms with Crippen LogP contribution in [-0.4, -0.2) is 74.2 Å². The van der Waals surface area contributed by atoms with Crippen LogP contribution in [-0.2, 0) is 9.53 Å². The number of rotatable bonds is 3. The second-order valence-electron chi connectivity index (χ2n) is 6.12. The molecule has 2 fully saturated rings. The first-order valence-corrected chi connectivity index (χ1v) is 8.64. The highest BCUT2D eigenvalue weighted by Gasteiger charge is 2.29. The first-order valence-electron chi connectivity index (χ1n) is 8.26. The van der Waals surface area contributed by atoms with Crippen molar-refractivity contribution in [2.45, 2.75) is 13.0 Å². The molecular weight excluding hydrogens is 314 g/mol. The Morgan fingerprint density at radius 3 is 2.48 bits per heavy atom. The number of anilines is 1. The minimum atomic E-state index is -0.0605. The summed E-state index contributed by atoms with van der Waals surface area (Å²) in [6.07, 6.45) is 0. The summed E-state index contributed by atoms with van der Waals surface area (Å²) >= 11 is 6.07. The predicted molar refractivity (Wildman–Crippen MR) is 92.1 cm³/mol. The minimum absolute atomic E-state index is 0.0605. The number of morpholine rings is 1. The molecule has 5 nitrogen and oxygen atoms in total. The third kappa shape index (κ3) is 3.97. The summed E-state index contributed by atoms with van der Waals surface area (Å²) in [6.45, 7) is 8.38. The fourth-order valence-electron chi connectivity index (χ4n) is 3.24. The zero-order valence-electron chi connectivity index (χ0n) is 13.6. The fraction of sp³-hybridized carbons (Fsp3) is 0.588. The molecule has 126 valence electrons. The lowest BCUT2D eigenvalue weighted by Crippen LogP contribution is -2.56. The number of amides is 1. The Morgan fingerprint density at radius 1 is 1.13 bits per heavy atom. The molecule has 0 N–H and O–H groups in total. The van der Waals surface area contributed by atoms with Gasteiger partial charge in [-0.15, -0.1) is 0 Å². The van der Waals surface area contributed by atoms with Crippen LogP contribution in [0.1, 0.15) is 6.92 Å². The van der Waals surface area contributed by atoms with Crippen molar-refractivity contribution in [2.75, 3.05) is 57.4 Å². The topological polar surface area (TPSA) is 36.0 Å². The van der Waals surface area contributed by atoms with Crippen LogP contribution in [0.15, 0.2) is 24.3 Å². The Kier molecular flexibility index (Phi) is 5.41. The lowest BCUT2D eigenvalue weighted by atomic mass is 10.2. The fourth-order valence-corrected chi connectivity index (χ4v) is 3.43. The van der Waals surface area contributed by atoms with Gasteiger partial charge in [-0.2, -0.15) is 0 Å². The van der Waals surface area contributed by atoms with Crippen LogP contribution in [0.3, 0.4) is 0 Å².